The molecule has 0 heterocycles. The van der Waals surface area contributed by atoms with E-state index in [0.717, 1.165) is 11.1 Å². The summed E-state index contributed by atoms with van der Waals surface area (Å²) in [5.74, 6) is 0.528. The summed E-state index contributed by atoms with van der Waals surface area (Å²) in [6, 6.07) is 10.7. The van der Waals surface area contributed by atoms with Crippen LogP contribution in [-0.4, -0.2) is 5.78 Å². The molecular weight excluding hydrogens is 295 g/mol. The minimum absolute atomic E-state index is 0.0270. The predicted molar refractivity (Wildman–Crippen MR) is 82.0 cm³/mol. The van der Waals surface area contributed by atoms with E-state index in [4.69, 9.17) is 27.9 Å². The van der Waals surface area contributed by atoms with E-state index in [2.05, 4.69) is 0 Å². The lowest BCUT2D eigenvalue weighted by atomic mass is 10.1. The molecule has 0 fully saturated rings. The van der Waals surface area contributed by atoms with Crippen LogP contribution < -0.4 is 4.74 Å². The number of aryl methyl sites for hydroxylation is 1. The Morgan fingerprint density at radius 3 is 2.60 bits per heavy atom. The predicted octanol–water partition coefficient (Wildman–Crippen LogP) is 5.08. The summed E-state index contributed by atoms with van der Waals surface area (Å²) in [4.78, 5) is 11.6. The van der Waals surface area contributed by atoms with Gasteiger partial charge in [-0.15, -0.1) is 0 Å². The van der Waals surface area contributed by atoms with Gasteiger partial charge in [-0.3, -0.25) is 4.79 Å². The second-order valence-electron chi connectivity index (χ2n) is 4.58. The van der Waals surface area contributed by atoms with Crippen LogP contribution in [0.15, 0.2) is 36.4 Å². The average molecular weight is 309 g/mol. The molecule has 0 aromatic heterocycles. The van der Waals surface area contributed by atoms with Crippen LogP contribution in [0, 0.1) is 6.92 Å². The Kier molecular flexibility index (Phi) is 4.69. The van der Waals surface area contributed by atoms with Crippen molar-refractivity contribution in [1.29, 1.82) is 0 Å². The topological polar surface area (TPSA) is 26.3 Å². The molecule has 4 heteroatoms. The maximum atomic E-state index is 11.6. The molecule has 0 bridgehead atoms. The van der Waals surface area contributed by atoms with Crippen LogP contribution in [0.2, 0.25) is 10.0 Å². The summed E-state index contributed by atoms with van der Waals surface area (Å²) in [7, 11) is 0. The zero-order valence-corrected chi connectivity index (χ0v) is 12.8. The third-order valence-corrected chi connectivity index (χ3v) is 3.51. The van der Waals surface area contributed by atoms with Gasteiger partial charge in [-0.25, -0.2) is 0 Å². The van der Waals surface area contributed by atoms with E-state index in [1.165, 1.54) is 6.92 Å². The summed E-state index contributed by atoms with van der Waals surface area (Å²) in [6.45, 7) is 3.72. The van der Waals surface area contributed by atoms with Crippen LogP contribution in [0.25, 0.3) is 0 Å². The first kappa shape index (κ1) is 14.9. The van der Waals surface area contributed by atoms with Gasteiger partial charge in [0.15, 0.2) is 5.78 Å². The van der Waals surface area contributed by atoms with E-state index in [-0.39, 0.29) is 12.4 Å². The van der Waals surface area contributed by atoms with Crippen molar-refractivity contribution in [2.45, 2.75) is 20.5 Å². The smallest absolute Gasteiger partial charge is 0.163 e. The zero-order valence-electron chi connectivity index (χ0n) is 11.2. The van der Waals surface area contributed by atoms with Gasteiger partial charge in [0.05, 0.1) is 5.56 Å². The van der Waals surface area contributed by atoms with Gasteiger partial charge in [0.1, 0.15) is 12.4 Å². The van der Waals surface area contributed by atoms with E-state index < -0.39 is 0 Å². The molecule has 20 heavy (non-hydrogen) atoms. The van der Waals surface area contributed by atoms with Gasteiger partial charge < -0.3 is 4.74 Å². The van der Waals surface area contributed by atoms with Crippen LogP contribution in [-0.2, 0) is 6.61 Å². The number of hydrogen-bond donors (Lipinski definition) is 0. The first-order valence-corrected chi connectivity index (χ1v) is 6.91. The summed E-state index contributed by atoms with van der Waals surface area (Å²) in [5, 5.41) is 1.19. The highest BCUT2D eigenvalue weighted by Crippen LogP contribution is 2.25. The third-order valence-electron chi connectivity index (χ3n) is 2.91. The first-order valence-electron chi connectivity index (χ1n) is 6.15. The van der Waals surface area contributed by atoms with Gasteiger partial charge in [0, 0.05) is 15.6 Å². The Morgan fingerprint density at radius 2 is 1.90 bits per heavy atom. The van der Waals surface area contributed by atoms with Crippen molar-refractivity contribution in [3.05, 3.63) is 63.1 Å². The molecule has 2 aromatic rings. The van der Waals surface area contributed by atoms with E-state index in [1.54, 1.807) is 24.3 Å². The van der Waals surface area contributed by atoms with Crippen molar-refractivity contribution in [2.24, 2.45) is 0 Å². The number of benzene rings is 2. The fraction of sp³-hybridized carbons (Fsp3) is 0.188. The lowest BCUT2D eigenvalue weighted by Gasteiger charge is -2.11. The van der Waals surface area contributed by atoms with Crippen molar-refractivity contribution in [1.82, 2.24) is 0 Å². The maximum absolute atomic E-state index is 11.6. The number of ether oxygens (including phenoxy) is 1. The summed E-state index contributed by atoms with van der Waals surface area (Å²) < 4.78 is 5.71. The molecule has 0 unspecified atom stereocenters. The van der Waals surface area contributed by atoms with Crippen molar-refractivity contribution >= 4 is 29.0 Å². The Labute approximate surface area is 128 Å². The number of carbonyl (C=O) groups is 1. The monoisotopic (exact) mass is 308 g/mol. The Balaban J connectivity index is 2.23. The van der Waals surface area contributed by atoms with Crippen molar-refractivity contribution in [3.63, 3.8) is 0 Å². The summed E-state index contributed by atoms with van der Waals surface area (Å²) >= 11 is 12.0. The molecule has 0 atom stereocenters. The molecule has 2 nitrogen and oxygen atoms in total. The summed E-state index contributed by atoms with van der Waals surface area (Å²) in [6.07, 6.45) is 0. The quantitative estimate of drug-likeness (QED) is 0.736. The van der Waals surface area contributed by atoms with E-state index in [0.29, 0.717) is 21.4 Å². The first-order chi connectivity index (χ1) is 9.47. The van der Waals surface area contributed by atoms with E-state index >= 15 is 0 Å². The molecule has 0 aliphatic carbocycles. The van der Waals surface area contributed by atoms with Gasteiger partial charge in [0.2, 0.25) is 0 Å². The van der Waals surface area contributed by atoms with Crippen LogP contribution in [0.5, 0.6) is 5.75 Å². The fourth-order valence-corrected chi connectivity index (χ4v) is 2.22. The van der Waals surface area contributed by atoms with Crippen LogP contribution in [0.3, 0.4) is 0 Å². The molecule has 0 saturated heterocycles. The Bertz CT molecular complexity index is 651. The fourth-order valence-electron chi connectivity index (χ4n) is 1.85. The summed E-state index contributed by atoms with van der Waals surface area (Å²) in [5.41, 5.74) is 2.38. The second-order valence-corrected chi connectivity index (χ2v) is 5.42. The number of rotatable bonds is 4. The number of halogens is 2. The number of hydrogen-bond acceptors (Lipinski definition) is 2. The molecular formula is C16H14Cl2O2. The standard InChI is InChI=1S/C16H14Cl2O2/c1-10-3-6-16(14(7-10)11(2)19)20-9-12-8-13(17)4-5-15(12)18/h3-8H,9H2,1-2H3. The molecule has 104 valence electrons. The maximum Gasteiger partial charge on any atom is 0.163 e. The minimum Gasteiger partial charge on any atom is -0.488 e. The molecule has 0 aliphatic rings. The Morgan fingerprint density at radius 1 is 1.15 bits per heavy atom. The highest BCUT2D eigenvalue weighted by Gasteiger charge is 2.10. The number of ketones is 1. The van der Waals surface area contributed by atoms with E-state index in [1.807, 2.05) is 19.1 Å². The molecule has 0 spiro atoms. The molecule has 0 amide bonds. The van der Waals surface area contributed by atoms with Crippen molar-refractivity contribution < 1.29 is 9.53 Å². The molecule has 0 N–H and O–H groups in total. The Hall–Kier alpha value is -1.51. The average Bonchev–Trinajstić information content (AvgIpc) is 2.40. The van der Waals surface area contributed by atoms with Crippen molar-refractivity contribution in [3.8, 4) is 5.75 Å². The van der Waals surface area contributed by atoms with Crippen LogP contribution in [0.1, 0.15) is 28.4 Å². The van der Waals surface area contributed by atoms with Gasteiger partial charge in [-0.1, -0.05) is 34.8 Å². The molecule has 0 aliphatic heterocycles. The highest BCUT2D eigenvalue weighted by molar-refractivity contribution is 6.33. The van der Waals surface area contributed by atoms with Gasteiger partial charge in [-0.2, -0.15) is 0 Å². The normalized spacial score (nSPS) is 10.4. The van der Waals surface area contributed by atoms with Gasteiger partial charge >= 0.3 is 0 Å². The van der Waals surface area contributed by atoms with Crippen molar-refractivity contribution in [2.75, 3.05) is 0 Å². The van der Waals surface area contributed by atoms with Gasteiger partial charge in [-0.05, 0) is 44.2 Å². The van der Waals surface area contributed by atoms with Crippen LogP contribution in [0.4, 0.5) is 0 Å². The zero-order chi connectivity index (χ0) is 14.7. The molecule has 2 rings (SSSR count). The number of Topliss-reactive ketones (excluding diaryl/α,β-unsaturated/α-hetero) is 1. The lowest BCUT2D eigenvalue weighted by molar-refractivity contribution is 0.101. The molecule has 2 aromatic carbocycles. The highest BCUT2D eigenvalue weighted by atomic mass is 35.5. The largest absolute Gasteiger partial charge is 0.488 e. The molecule has 0 saturated carbocycles. The second kappa shape index (κ2) is 6.29. The third kappa shape index (κ3) is 3.53. The minimum atomic E-state index is -0.0270. The number of carbonyl (C=O) groups excluding carboxylic acids is 1. The lowest BCUT2D eigenvalue weighted by Crippen LogP contribution is -2.02. The molecule has 0 radical (unpaired) electrons. The van der Waals surface area contributed by atoms with Gasteiger partial charge in [0.25, 0.3) is 0 Å². The SMILES string of the molecule is CC(=O)c1cc(C)ccc1OCc1cc(Cl)ccc1Cl. The van der Waals surface area contributed by atoms with Crippen LogP contribution >= 0.6 is 23.2 Å². The van der Waals surface area contributed by atoms with E-state index in [9.17, 15) is 4.79 Å².